The second-order valence-corrected chi connectivity index (χ2v) is 4.11. The van der Waals surface area contributed by atoms with Crippen molar-refractivity contribution in [3.8, 4) is 6.07 Å². The van der Waals surface area contributed by atoms with Crippen LogP contribution in [0.5, 0.6) is 0 Å². The first-order chi connectivity index (χ1) is 8.13. The predicted molar refractivity (Wildman–Crippen MR) is 67.6 cm³/mol. The Morgan fingerprint density at radius 3 is 2.65 bits per heavy atom. The van der Waals surface area contributed by atoms with Crippen LogP contribution < -0.4 is 11.1 Å². The molecule has 5 heteroatoms. The van der Waals surface area contributed by atoms with Gasteiger partial charge < -0.3 is 11.1 Å². The Hall–Kier alpha value is -1.67. The molecule has 0 aliphatic rings. The highest BCUT2D eigenvalue weighted by molar-refractivity contribution is 5.56. The zero-order chi connectivity index (χ0) is 12.8. The van der Waals surface area contributed by atoms with Gasteiger partial charge in [-0.2, -0.15) is 10.4 Å². The molecule has 17 heavy (non-hydrogen) atoms. The maximum absolute atomic E-state index is 9.15. The lowest BCUT2D eigenvalue weighted by Crippen LogP contribution is -2.29. The van der Waals surface area contributed by atoms with Gasteiger partial charge in [-0.05, 0) is 25.8 Å². The lowest BCUT2D eigenvalue weighted by molar-refractivity contribution is 0.643. The van der Waals surface area contributed by atoms with Crippen LogP contribution >= 0.6 is 0 Å². The standard InChI is InChI=1S/C12H19N5/c1-4-5-10(6-13)15-12-11(7-14)8(2)9(3)16-17-12/h10H,4-6,13H2,1-3H3,(H,15,17). The van der Waals surface area contributed by atoms with Gasteiger partial charge in [0.15, 0.2) is 5.82 Å². The van der Waals surface area contributed by atoms with Crippen LogP contribution in [0.1, 0.15) is 36.6 Å². The van der Waals surface area contributed by atoms with Crippen molar-refractivity contribution in [2.75, 3.05) is 11.9 Å². The molecular formula is C12H19N5. The van der Waals surface area contributed by atoms with Crippen molar-refractivity contribution >= 4 is 5.82 Å². The summed E-state index contributed by atoms with van der Waals surface area (Å²) in [7, 11) is 0. The minimum absolute atomic E-state index is 0.142. The number of aryl methyl sites for hydroxylation is 1. The number of aromatic nitrogens is 2. The van der Waals surface area contributed by atoms with Gasteiger partial charge in [0.25, 0.3) is 0 Å². The third-order valence-electron chi connectivity index (χ3n) is 2.83. The molecular weight excluding hydrogens is 214 g/mol. The van der Waals surface area contributed by atoms with Crippen LogP contribution in [0.2, 0.25) is 0 Å². The van der Waals surface area contributed by atoms with Crippen LogP contribution in [0.3, 0.4) is 0 Å². The number of hydrogen-bond donors (Lipinski definition) is 2. The van der Waals surface area contributed by atoms with Crippen molar-refractivity contribution in [3.63, 3.8) is 0 Å². The molecule has 0 radical (unpaired) electrons. The highest BCUT2D eigenvalue weighted by Crippen LogP contribution is 2.18. The number of nitrogens with two attached hydrogens (primary N) is 1. The molecule has 5 nitrogen and oxygen atoms in total. The average molecular weight is 233 g/mol. The van der Waals surface area contributed by atoms with Crippen LogP contribution in [0.15, 0.2) is 0 Å². The molecule has 1 aromatic rings. The fraction of sp³-hybridized carbons (Fsp3) is 0.583. The van der Waals surface area contributed by atoms with E-state index in [-0.39, 0.29) is 6.04 Å². The molecule has 0 saturated heterocycles. The van der Waals surface area contributed by atoms with Crippen LogP contribution in [0.25, 0.3) is 0 Å². The minimum atomic E-state index is 0.142. The van der Waals surface area contributed by atoms with Gasteiger partial charge in [0, 0.05) is 12.6 Å². The summed E-state index contributed by atoms with van der Waals surface area (Å²) in [6.45, 7) is 6.35. The summed E-state index contributed by atoms with van der Waals surface area (Å²) in [5, 5.41) is 20.4. The zero-order valence-electron chi connectivity index (χ0n) is 10.6. The fourth-order valence-corrected chi connectivity index (χ4v) is 1.64. The molecule has 0 aliphatic heterocycles. The van der Waals surface area contributed by atoms with E-state index in [0.717, 1.165) is 24.1 Å². The lowest BCUT2D eigenvalue weighted by Gasteiger charge is -2.17. The van der Waals surface area contributed by atoms with Crippen molar-refractivity contribution in [2.24, 2.45) is 5.73 Å². The van der Waals surface area contributed by atoms with Crippen LogP contribution in [0.4, 0.5) is 5.82 Å². The first kappa shape index (κ1) is 13.4. The van der Waals surface area contributed by atoms with E-state index in [1.807, 2.05) is 13.8 Å². The van der Waals surface area contributed by atoms with Crippen LogP contribution in [-0.2, 0) is 0 Å². The van der Waals surface area contributed by atoms with E-state index in [9.17, 15) is 0 Å². The van der Waals surface area contributed by atoms with Gasteiger partial charge in [-0.1, -0.05) is 13.3 Å². The summed E-state index contributed by atoms with van der Waals surface area (Å²) < 4.78 is 0. The molecule has 0 aliphatic carbocycles. The molecule has 0 amide bonds. The van der Waals surface area contributed by atoms with Crippen LogP contribution in [0, 0.1) is 25.2 Å². The molecule has 0 spiro atoms. The van der Waals surface area contributed by atoms with Gasteiger partial charge in [-0.25, -0.2) is 0 Å². The summed E-state index contributed by atoms with van der Waals surface area (Å²) in [6, 6.07) is 2.31. The third-order valence-corrected chi connectivity index (χ3v) is 2.83. The Balaban J connectivity index is 2.99. The Labute approximate surface area is 102 Å². The number of rotatable bonds is 5. The molecule has 1 unspecified atom stereocenters. The Morgan fingerprint density at radius 2 is 2.12 bits per heavy atom. The first-order valence-corrected chi connectivity index (χ1v) is 5.84. The first-order valence-electron chi connectivity index (χ1n) is 5.84. The largest absolute Gasteiger partial charge is 0.363 e. The topological polar surface area (TPSA) is 87.6 Å². The SMILES string of the molecule is CCCC(CN)Nc1nnc(C)c(C)c1C#N. The molecule has 1 rings (SSSR count). The highest BCUT2D eigenvalue weighted by atomic mass is 15.2. The van der Waals surface area contributed by atoms with Gasteiger partial charge in [-0.3, -0.25) is 0 Å². The second-order valence-electron chi connectivity index (χ2n) is 4.11. The minimum Gasteiger partial charge on any atom is -0.363 e. The Kier molecular flexibility index (Phi) is 4.85. The quantitative estimate of drug-likeness (QED) is 0.804. The van der Waals surface area contributed by atoms with Gasteiger partial charge >= 0.3 is 0 Å². The highest BCUT2D eigenvalue weighted by Gasteiger charge is 2.13. The fourth-order valence-electron chi connectivity index (χ4n) is 1.64. The molecule has 0 aromatic carbocycles. The zero-order valence-corrected chi connectivity index (χ0v) is 10.6. The number of nitrogens with one attached hydrogen (secondary N) is 1. The molecule has 0 fully saturated rings. The Bertz CT molecular complexity index is 422. The Morgan fingerprint density at radius 1 is 1.41 bits per heavy atom. The van der Waals surface area contributed by atoms with E-state index in [4.69, 9.17) is 11.0 Å². The summed E-state index contributed by atoms with van der Waals surface area (Å²) in [6.07, 6.45) is 1.99. The van der Waals surface area contributed by atoms with Crippen molar-refractivity contribution < 1.29 is 0 Å². The maximum atomic E-state index is 9.15. The number of nitrogens with zero attached hydrogens (tertiary/aromatic N) is 3. The van der Waals surface area contributed by atoms with Crippen molar-refractivity contribution in [3.05, 3.63) is 16.8 Å². The summed E-state index contributed by atoms with van der Waals surface area (Å²) in [5.74, 6) is 0.541. The molecule has 92 valence electrons. The monoisotopic (exact) mass is 233 g/mol. The van der Waals surface area contributed by atoms with E-state index >= 15 is 0 Å². The number of hydrogen-bond acceptors (Lipinski definition) is 5. The molecule has 1 atom stereocenters. The van der Waals surface area contributed by atoms with Gasteiger partial charge in [0.05, 0.1) is 5.69 Å². The molecule has 0 saturated carbocycles. The van der Waals surface area contributed by atoms with Gasteiger partial charge in [-0.15, -0.1) is 5.10 Å². The van der Waals surface area contributed by atoms with E-state index in [0.29, 0.717) is 17.9 Å². The smallest absolute Gasteiger partial charge is 0.167 e. The van der Waals surface area contributed by atoms with Crippen molar-refractivity contribution in [1.82, 2.24) is 10.2 Å². The molecule has 1 aromatic heterocycles. The van der Waals surface area contributed by atoms with E-state index in [1.54, 1.807) is 0 Å². The van der Waals surface area contributed by atoms with Gasteiger partial charge in [0.1, 0.15) is 11.6 Å². The molecule has 0 bridgehead atoms. The van der Waals surface area contributed by atoms with E-state index < -0.39 is 0 Å². The normalized spacial score (nSPS) is 11.9. The van der Waals surface area contributed by atoms with Crippen molar-refractivity contribution in [2.45, 2.75) is 39.7 Å². The van der Waals surface area contributed by atoms with E-state index in [2.05, 4.69) is 28.5 Å². The number of nitriles is 1. The van der Waals surface area contributed by atoms with Crippen LogP contribution in [-0.4, -0.2) is 22.8 Å². The van der Waals surface area contributed by atoms with Crippen molar-refractivity contribution in [1.29, 1.82) is 5.26 Å². The average Bonchev–Trinajstić information content (AvgIpc) is 2.33. The molecule has 3 N–H and O–H groups in total. The third kappa shape index (κ3) is 3.14. The lowest BCUT2D eigenvalue weighted by atomic mass is 10.1. The van der Waals surface area contributed by atoms with Gasteiger partial charge in [0.2, 0.25) is 0 Å². The molecule has 1 heterocycles. The predicted octanol–water partition coefficient (Wildman–Crippen LogP) is 1.50. The number of anilines is 1. The summed E-state index contributed by atoms with van der Waals surface area (Å²) in [4.78, 5) is 0. The maximum Gasteiger partial charge on any atom is 0.167 e. The summed E-state index contributed by atoms with van der Waals surface area (Å²) in [5.41, 5.74) is 7.89. The van der Waals surface area contributed by atoms with E-state index in [1.165, 1.54) is 0 Å². The second kappa shape index (κ2) is 6.16. The summed E-state index contributed by atoms with van der Waals surface area (Å²) >= 11 is 0.